The first kappa shape index (κ1) is 8.50. The van der Waals surface area contributed by atoms with Crippen LogP contribution in [0.5, 0.6) is 0 Å². The predicted octanol–water partition coefficient (Wildman–Crippen LogP) is 0.929. The largest absolute Gasteiger partial charge is 0.368 e. The predicted molar refractivity (Wildman–Crippen MR) is 50.5 cm³/mol. The molecule has 3 N–H and O–H groups in total. The fourth-order valence-corrected chi connectivity index (χ4v) is 1.17. The van der Waals surface area contributed by atoms with Crippen LogP contribution < -0.4 is 11.1 Å². The average molecular weight is 200 g/mol. The number of nitrogens with two attached hydrogens (primary N) is 1. The third-order valence-corrected chi connectivity index (χ3v) is 2.04. The maximum Gasteiger partial charge on any atom is 0.228 e. The van der Waals surface area contributed by atoms with Crippen molar-refractivity contribution in [2.45, 2.75) is 12.8 Å². The lowest BCUT2D eigenvalue weighted by Gasteiger charge is -2.03. The van der Waals surface area contributed by atoms with Crippen molar-refractivity contribution in [2.24, 2.45) is 5.92 Å². The summed E-state index contributed by atoms with van der Waals surface area (Å²) in [5.41, 5.74) is 5.39. The zero-order valence-corrected chi connectivity index (χ0v) is 7.75. The van der Waals surface area contributed by atoms with Crippen LogP contribution in [0.1, 0.15) is 12.8 Å². The normalized spacial score (nSPS) is 15.8. The van der Waals surface area contributed by atoms with Crippen LogP contribution in [0.3, 0.4) is 0 Å². The molecule has 5 nitrogen and oxygen atoms in total. The number of nitrogen functional groups attached to an aromatic ring is 1. The van der Waals surface area contributed by atoms with Crippen molar-refractivity contribution in [2.75, 3.05) is 17.6 Å². The second kappa shape index (κ2) is 3.33. The lowest BCUT2D eigenvalue weighted by atomic mass is 10.4. The third kappa shape index (κ3) is 2.42. The number of anilines is 2. The molecule has 1 fully saturated rings. The highest BCUT2D eigenvalue weighted by Gasteiger charge is 2.21. The number of nitrogens with one attached hydrogen (secondary N) is 1. The van der Waals surface area contributed by atoms with Crippen LogP contribution in [0.15, 0.2) is 0 Å². The summed E-state index contributed by atoms with van der Waals surface area (Å²) in [5, 5.41) is 3.19. The Kier molecular flexibility index (Phi) is 2.18. The molecule has 0 radical (unpaired) electrons. The zero-order valence-electron chi connectivity index (χ0n) is 7.00. The van der Waals surface area contributed by atoms with Gasteiger partial charge < -0.3 is 11.1 Å². The van der Waals surface area contributed by atoms with Gasteiger partial charge >= 0.3 is 0 Å². The van der Waals surface area contributed by atoms with E-state index in [1.165, 1.54) is 12.8 Å². The van der Waals surface area contributed by atoms with Crippen molar-refractivity contribution in [3.05, 3.63) is 5.28 Å². The summed E-state index contributed by atoms with van der Waals surface area (Å²) in [4.78, 5) is 11.4. The van der Waals surface area contributed by atoms with Gasteiger partial charge in [-0.25, -0.2) is 0 Å². The van der Waals surface area contributed by atoms with E-state index >= 15 is 0 Å². The van der Waals surface area contributed by atoms with Crippen LogP contribution in [0, 0.1) is 5.92 Å². The van der Waals surface area contributed by atoms with E-state index in [9.17, 15) is 0 Å². The van der Waals surface area contributed by atoms with Crippen molar-refractivity contribution in [3.8, 4) is 0 Å². The lowest BCUT2D eigenvalue weighted by molar-refractivity contribution is 0.869. The van der Waals surface area contributed by atoms with Gasteiger partial charge in [-0.1, -0.05) is 0 Å². The highest BCUT2D eigenvalue weighted by Crippen LogP contribution is 2.28. The maximum absolute atomic E-state index is 5.60. The Morgan fingerprint density at radius 2 is 2.15 bits per heavy atom. The van der Waals surface area contributed by atoms with Gasteiger partial charge in [0.25, 0.3) is 0 Å². The molecule has 0 bridgehead atoms. The van der Waals surface area contributed by atoms with Gasteiger partial charge in [-0.2, -0.15) is 15.0 Å². The first-order chi connectivity index (χ1) is 6.24. The Balaban J connectivity index is 2.01. The van der Waals surface area contributed by atoms with E-state index in [2.05, 4.69) is 20.3 Å². The van der Waals surface area contributed by atoms with Crippen LogP contribution >= 0.6 is 11.6 Å². The summed E-state index contributed by atoms with van der Waals surface area (Å²) in [7, 11) is 0. The summed E-state index contributed by atoms with van der Waals surface area (Å²) in [6.45, 7) is 0.889. The van der Waals surface area contributed by atoms with E-state index in [1.54, 1.807) is 0 Å². The number of hydrogen-bond donors (Lipinski definition) is 2. The van der Waals surface area contributed by atoms with Crippen LogP contribution in [0.4, 0.5) is 11.9 Å². The van der Waals surface area contributed by atoms with E-state index in [-0.39, 0.29) is 11.2 Å². The van der Waals surface area contributed by atoms with Gasteiger partial charge in [-0.05, 0) is 30.4 Å². The summed E-state index contributed by atoms with van der Waals surface area (Å²) in [6.07, 6.45) is 2.56. The number of nitrogens with zero attached hydrogens (tertiary/aromatic N) is 3. The van der Waals surface area contributed by atoms with E-state index in [1.807, 2.05) is 0 Å². The van der Waals surface area contributed by atoms with Gasteiger partial charge in [0.2, 0.25) is 17.2 Å². The van der Waals surface area contributed by atoms with Crippen molar-refractivity contribution in [1.29, 1.82) is 0 Å². The minimum absolute atomic E-state index is 0.130. The SMILES string of the molecule is Nc1nc(Cl)nc(NCC2CC2)n1. The lowest BCUT2D eigenvalue weighted by Crippen LogP contribution is -2.09. The molecule has 1 saturated carbocycles. The van der Waals surface area contributed by atoms with Gasteiger partial charge in [0, 0.05) is 6.54 Å². The molecule has 0 spiro atoms. The van der Waals surface area contributed by atoms with Crippen LogP contribution in [0.2, 0.25) is 5.28 Å². The second-order valence-electron chi connectivity index (χ2n) is 3.11. The van der Waals surface area contributed by atoms with Crippen molar-refractivity contribution >= 4 is 23.5 Å². The molecular weight excluding hydrogens is 190 g/mol. The van der Waals surface area contributed by atoms with Crippen molar-refractivity contribution in [1.82, 2.24) is 15.0 Å². The molecule has 0 atom stereocenters. The van der Waals surface area contributed by atoms with Crippen molar-refractivity contribution < 1.29 is 0 Å². The molecule has 0 unspecified atom stereocenters. The Morgan fingerprint density at radius 1 is 1.38 bits per heavy atom. The van der Waals surface area contributed by atoms with Gasteiger partial charge in [0.1, 0.15) is 0 Å². The van der Waals surface area contributed by atoms with Crippen LogP contribution in [-0.2, 0) is 0 Å². The van der Waals surface area contributed by atoms with E-state index < -0.39 is 0 Å². The molecule has 70 valence electrons. The van der Waals surface area contributed by atoms with E-state index in [0.717, 1.165) is 12.5 Å². The zero-order chi connectivity index (χ0) is 9.26. The Labute approximate surface area is 80.7 Å². The fraction of sp³-hybridized carbons (Fsp3) is 0.571. The maximum atomic E-state index is 5.60. The molecule has 1 aliphatic rings. The molecule has 1 heterocycles. The van der Waals surface area contributed by atoms with Gasteiger partial charge in [-0.15, -0.1) is 0 Å². The van der Waals surface area contributed by atoms with E-state index in [4.69, 9.17) is 17.3 Å². The average Bonchev–Trinajstić information content (AvgIpc) is 2.81. The number of hydrogen-bond acceptors (Lipinski definition) is 5. The minimum Gasteiger partial charge on any atom is -0.368 e. The van der Waals surface area contributed by atoms with Crippen LogP contribution in [0.25, 0.3) is 0 Å². The molecule has 1 aromatic rings. The monoisotopic (exact) mass is 199 g/mol. The first-order valence-corrected chi connectivity index (χ1v) is 4.53. The Bertz CT molecular complexity index is 292. The molecule has 13 heavy (non-hydrogen) atoms. The van der Waals surface area contributed by atoms with Gasteiger partial charge in [0.15, 0.2) is 0 Å². The number of aromatic nitrogens is 3. The second-order valence-corrected chi connectivity index (χ2v) is 3.45. The molecule has 0 aliphatic heterocycles. The highest BCUT2D eigenvalue weighted by atomic mass is 35.5. The standard InChI is InChI=1S/C7H10ClN5/c8-5-11-6(9)13-7(12-5)10-3-4-1-2-4/h4H,1-3H2,(H3,9,10,11,12,13). The number of halogens is 1. The molecule has 1 aromatic heterocycles. The first-order valence-electron chi connectivity index (χ1n) is 4.15. The Hall–Kier alpha value is -1.10. The summed E-state index contributed by atoms with van der Waals surface area (Å²) in [5.74, 6) is 1.37. The van der Waals surface area contributed by atoms with Gasteiger partial charge in [0.05, 0.1) is 0 Å². The summed E-state index contributed by atoms with van der Waals surface area (Å²) in [6, 6.07) is 0. The minimum atomic E-state index is 0.130. The topological polar surface area (TPSA) is 76.7 Å². The molecule has 0 amide bonds. The third-order valence-electron chi connectivity index (χ3n) is 1.87. The van der Waals surface area contributed by atoms with Gasteiger partial charge in [-0.3, -0.25) is 0 Å². The van der Waals surface area contributed by atoms with E-state index in [0.29, 0.717) is 5.95 Å². The molecular formula is C7H10ClN5. The smallest absolute Gasteiger partial charge is 0.228 e. The highest BCUT2D eigenvalue weighted by molar-refractivity contribution is 6.28. The molecule has 6 heteroatoms. The molecule has 2 rings (SSSR count). The quantitative estimate of drug-likeness (QED) is 0.758. The summed E-state index contributed by atoms with van der Waals surface area (Å²) >= 11 is 5.60. The molecule has 0 aromatic carbocycles. The summed E-state index contributed by atoms with van der Waals surface area (Å²) < 4.78 is 0. The van der Waals surface area contributed by atoms with Crippen molar-refractivity contribution in [3.63, 3.8) is 0 Å². The fourth-order valence-electron chi connectivity index (χ4n) is 1.00. The molecule has 1 aliphatic carbocycles. The number of rotatable bonds is 3. The van der Waals surface area contributed by atoms with Crippen LogP contribution in [-0.4, -0.2) is 21.5 Å². The Morgan fingerprint density at radius 3 is 2.77 bits per heavy atom. The molecule has 0 saturated heterocycles.